The quantitative estimate of drug-likeness (QED) is 0.417. The largest absolute Gasteiger partial charge is 0.573 e. The topological polar surface area (TPSA) is 12.5 Å². The van der Waals surface area contributed by atoms with E-state index in [4.69, 9.17) is 0 Å². The summed E-state index contributed by atoms with van der Waals surface area (Å²) in [6, 6.07) is 4.54. The van der Waals surface area contributed by atoms with Crippen LogP contribution in [0.2, 0.25) is 0 Å². The minimum Gasteiger partial charge on any atom is -0.406 e. The minimum atomic E-state index is -4.73. The molecule has 0 bridgehead atoms. The Morgan fingerprint density at radius 1 is 1.23 bits per heavy atom. The Kier molecular flexibility index (Phi) is 9.22. The number of hydrogen-bond donors (Lipinski definition) is 0. The van der Waals surface area contributed by atoms with Crippen LogP contribution in [0.4, 0.5) is 18.9 Å². The summed E-state index contributed by atoms with van der Waals surface area (Å²) < 4.78 is 42.4. The van der Waals surface area contributed by atoms with E-state index in [0.717, 1.165) is 22.5 Å². The summed E-state index contributed by atoms with van der Waals surface area (Å²) in [5.74, 6) is -0.217. The first-order valence-corrected chi connectivity index (χ1v) is 10.2. The molecular formula is C25H32F3NO. The fourth-order valence-corrected chi connectivity index (χ4v) is 3.69. The van der Waals surface area contributed by atoms with Crippen LogP contribution >= 0.6 is 0 Å². The molecule has 0 aromatic heterocycles. The molecule has 30 heavy (non-hydrogen) atoms. The predicted octanol–water partition coefficient (Wildman–Crippen LogP) is 7.86. The van der Waals surface area contributed by atoms with Gasteiger partial charge in [-0.15, -0.1) is 13.2 Å². The Labute approximate surface area is 178 Å². The van der Waals surface area contributed by atoms with Crippen molar-refractivity contribution in [3.05, 3.63) is 84.6 Å². The highest BCUT2D eigenvalue weighted by Crippen LogP contribution is 2.52. The second kappa shape index (κ2) is 10.9. The molecule has 1 aromatic rings. The van der Waals surface area contributed by atoms with Gasteiger partial charge >= 0.3 is 6.36 Å². The Bertz CT molecular complexity index is 833. The lowest BCUT2D eigenvalue weighted by atomic mass is 9.76. The monoisotopic (exact) mass is 419 g/mol. The second-order valence-electron chi connectivity index (χ2n) is 6.74. The van der Waals surface area contributed by atoms with Crippen LogP contribution in [0, 0.1) is 0 Å². The Morgan fingerprint density at radius 3 is 2.40 bits per heavy atom. The summed E-state index contributed by atoms with van der Waals surface area (Å²) in [6.07, 6.45) is 7.07. The van der Waals surface area contributed by atoms with Crippen molar-refractivity contribution >= 4 is 5.69 Å². The van der Waals surface area contributed by atoms with Gasteiger partial charge in [-0.05, 0) is 62.6 Å². The first kappa shape index (κ1) is 25.3. The number of hydrogen-bond acceptors (Lipinski definition) is 2. The zero-order chi connectivity index (χ0) is 22.9. The molecule has 164 valence electrons. The number of alkyl halides is 3. The maximum absolute atomic E-state index is 12.7. The summed E-state index contributed by atoms with van der Waals surface area (Å²) in [7, 11) is 0. The number of halogens is 3. The first-order chi connectivity index (χ1) is 14.2. The SMILES string of the molecule is C=C/C=C1\N(CC)c2ccc(OC(F)(F)F)cc2C1(C)C/C(C=C)=C/C=C\C.CC. The third-order valence-electron chi connectivity index (χ3n) is 4.86. The van der Waals surface area contributed by atoms with Gasteiger partial charge in [0, 0.05) is 23.3 Å². The summed E-state index contributed by atoms with van der Waals surface area (Å²) in [6.45, 7) is 18.4. The fraction of sp³-hybridized carbons (Fsp3) is 0.360. The Morgan fingerprint density at radius 2 is 1.90 bits per heavy atom. The second-order valence-corrected chi connectivity index (χ2v) is 6.74. The van der Waals surface area contributed by atoms with Crippen molar-refractivity contribution in [3.63, 3.8) is 0 Å². The van der Waals surface area contributed by atoms with Crippen LogP contribution in [0.15, 0.2) is 79.1 Å². The molecule has 0 amide bonds. The van der Waals surface area contributed by atoms with Gasteiger partial charge < -0.3 is 9.64 Å². The molecule has 1 atom stereocenters. The molecule has 1 aliphatic heterocycles. The zero-order valence-corrected chi connectivity index (χ0v) is 18.5. The van der Waals surface area contributed by atoms with E-state index in [-0.39, 0.29) is 5.75 Å². The normalized spacial score (nSPS) is 20.1. The van der Waals surface area contributed by atoms with Crippen LogP contribution in [0.1, 0.15) is 46.6 Å². The Hall–Kier alpha value is -2.69. The van der Waals surface area contributed by atoms with Gasteiger partial charge in [0.2, 0.25) is 0 Å². The molecule has 1 aliphatic rings. The van der Waals surface area contributed by atoms with Crippen molar-refractivity contribution < 1.29 is 17.9 Å². The highest BCUT2D eigenvalue weighted by Gasteiger charge is 2.44. The molecule has 0 aliphatic carbocycles. The van der Waals surface area contributed by atoms with Crippen LogP contribution < -0.4 is 9.64 Å². The molecule has 0 spiro atoms. The number of rotatable bonds is 7. The average molecular weight is 420 g/mol. The molecule has 2 rings (SSSR count). The third-order valence-corrected chi connectivity index (χ3v) is 4.86. The average Bonchev–Trinajstić information content (AvgIpc) is 2.93. The number of benzene rings is 1. The van der Waals surface area contributed by atoms with Gasteiger partial charge in [0.25, 0.3) is 0 Å². The van der Waals surface area contributed by atoms with Crippen LogP contribution in [0.25, 0.3) is 0 Å². The van der Waals surface area contributed by atoms with Crippen molar-refractivity contribution in [1.82, 2.24) is 0 Å². The molecule has 5 heteroatoms. The van der Waals surface area contributed by atoms with Gasteiger partial charge in [0.15, 0.2) is 0 Å². The van der Waals surface area contributed by atoms with Crippen LogP contribution in [0.5, 0.6) is 5.75 Å². The van der Waals surface area contributed by atoms with Gasteiger partial charge in [0.1, 0.15) is 5.75 Å². The smallest absolute Gasteiger partial charge is 0.406 e. The number of likely N-dealkylation sites (N-methyl/N-ethyl adjacent to an activating group) is 1. The van der Waals surface area contributed by atoms with Gasteiger partial charge in [-0.2, -0.15) is 0 Å². The fourth-order valence-electron chi connectivity index (χ4n) is 3.69. The van der Waals surface area contributed by atoms with Crippen LogP contribution in [-0.2, 0) is 5.41 Å². The highest BCUT2D eigenvalue weighted by atomic mass is 19.4. The molecule has 2 nitrogen and oxygen atoms in total. The van der Waals surface area contributed by atoms with Crippen molar-refractivity contribution in [1.29, 1.82) is 0 Å². The van der Waals surface area contributed by atoms with Crippen LogP contribution in [-0.4, -0.2) is 12.9 Å². The zero-order valence-electron chi connectivity index (χ0n) is 18.5. The molecule has 1 heterocycles. The number of ether oxygens (including phenoxy) is 1. The lowest BCUT2D eigenvalue weighted by molar-refractivity contribution is -0.274. The van der Waals surface area contributed by atoms with E-state index in [1.165, 1.54) is 12.1 Å². The summed E-state index contributed by atoms with van der Waals surface area (Å²) >= 11 is 0. The third kappa shape index (κ3) is 5.68. The number of nitrogens with zero attached hydrogens (tertiary/aromatic N) is 1. The van der Waals surface area contributed by atoms with E-state index < -0.39 is 11.8 Å². The molecule has 1 unspecified atom stereocenters. The molecule has 0 saturated carbocycles. The summed E-state index contributed by atoms with van der Waals surface area (Å²) in [5.41, 5.74) is 3.09. The maximum Gasteiger partial charge on any atom is 0.573 e. The van der Waals surface area contributed by atoms with E-state index >= 15 is 0 Å². The lowest BCUT2D eigenvalue weighted by Crippen LogP contribution is -2.29. The van der Waals surface area contributed by atoms with E-state index in [1.807, 2.05) is 58.9 Å². The first-order valence-electron chi connectivity index (χ1n) is 10.2. The molecule has 1 aromatic carbocycles. The Balaban J connectivity index is 0.00000218. The van der Waals surface area contributed by atoms with Crippen molar-refractivity contribution in [2.24, 2.45) is 0 Å². The molecule has 0 fully saturated rings. The van der Waals surface area contributed by atoms with E-state index in [1.54, 1.807) is 18.2 Å². The molecule has 0 radical (unpaired) electrons. The van der Waals surface area contributed by atoms with Crippen molar-refractivity contribution in [2.75, 3.05) is 11.4 Å². The van der Waals surface area contributed by atoms with Crippen molar-refractivity contribution in [3.8, 4) is 5.75 Å². The molecule has 0 saturated heterocycles. The van der Waals surface area contributed by atoms with Crippen molar-refractivity contribution in [2.45, 2.75) is 52.8 Å². The number of fused-ring (bicyclic) bond motifs is 1. The van der Waals surface area contributed by atoms with Gasteiger partial charge in [-0.1, -0.05) is 57.4 Å². The maximum atomic E-state index is 12.7. The molecule has 0 N–H and O–H groups in total. The molecular weight excluding hydrogens is 387 g/mol. The summed E-state index contributed by atoms with van der Waals surface area (Å²) in [4.78, 5) is 2.10. The van der Waals surface area contributed by atoms with Gasteiger partial charge in [0.05, 0.1) is 0 Å². The summed E-state index contributed by atoms with van der Waals surface area (Å²) in [5, 5.41) is 0. The predicted molar refractivity (Wildman–Crippen MR) is 121 cm³/mol. The standard InChI is InChI=1S/C23H26F3NO.C2H6/c1-6-10-12-17(8-3)16-22(5)19-15-18(28-23(24,25)26)13-14-20(19)27(9-4)21(22)11-7-2;1-2/h6-8,10-15H,2-3,9,16H2,1,4-5H3;1-2H3/b10-6-,17-12+,21-11-;. The highest BCUT2D eigenvalue weighted by molar-refractivity contribution is 5.72. The number of anilines is 1. The van der Waals surface area contributed by atoms with Gasteiger partial charge in [-0.3, -0.25) is 0 Å². The van der Waals surface area contributed by atoms with Crippen LogP contribution in [0.3, 0.4) is 0 Å². The van der Waals surface area contributed by atoms with Gasteiger partial charge in [-0.25, -0.2) is 0 Å². The van der Waals surface area contributed by atoms with E-state index in [9.17, 15) is 13.2 Å². The van der Waals surface area contributed by atoms with E-state index in [2.05, 4.69) is 22.8 Å². The van der Waals surface area contributed by atoms with E-state index in [0.29, 0.717) is 13.0 Å². The lowest BCUT2D eigenvalue weighted by Gasteiger charge is -2.30. The minimum absolute atomic E-state index is 0.217. The number of allylic oxidation sites excluding steroid dienone is 8.